The maximum Gasteiger partial charge on any atom is 0.306 e. The summed E-state index contributed by atoms with van der Waals surface area (Å²) in [6.07, 6.45) is 37.6. The fourth-order valence-electron chi connectivity index (χ4n) is 5.58. The fourth-order valence-corrected chi connectivity index (χ4v) is 5.58. The van der Waals surface area contributed by atoms with E-state index >= 15 is 0 Å². The van der Waals surface area contributed by atoms with Crippen LogP contribution in [0.15, 0.2) is 0 Å². The lowest BCUT2D eigenvalue weighted by Gasteiger charge is -2.18. The smallest absolute Gasteiger partial charge is 0.306 e. The van der Waals surface area contributed by atoms with Crippen molar-refractivity contribution in [3.05, 3.63) is 0 Å². The molecule has 0 rings (SSSR count). The Morgan fingerprint density at radius 2 is 0.763 bits per heavy atom. The first-order valence-electron chi connectivity index (χ1n) is 17.8. The Kier molecular flexibility index (Phi) is 30.6. The van der Waals surface area contributed by atoms with Gasteiger partial charge in [-0.15, -0.1) is 0 Å². The Balaban J connectivity index is 3.91. The van der Waals surface area contributed by atoms with E-state index in [-0.39, 0.29) is 12.1 Å². The molecule has 0 aromatic carbocycles. The number of carbonyl (C=O) groups excluding carboxylic acids is 1. The number of hydrogen-bond acceptors (Lipinski definition) is 2. The Morgan fingerprint density at radius 1 is 0.447 bits per heavy atom. The Morgan fingerprint density at radius 3 is 1.13 bits per heavy atom. The van der Waals surface area contributed by atoms with Gasteiger partial charge < -0.3 is 4.74 Å². The second-order valence-electron chi connectivity index (χ2n) is 12.8. The molecule has 1 atom stereocenters. The van der Waals surface area contributed by atoms with Crippen molar-refractivity contribution in [1.29, 1.82) is 0 Å². The van der Waals surface area contributed by atoms with E-state index in [1.54, 1.807) is 0 Å². The number of esters is 1. The van der Waals surface area contributed by atoms with Gasteiger partial charge in [-0.25, -0.2) is 0 Å². The molecule has 0 aliphatic heterocycles. The van der Waals surface area contributed by atoms with Crippen molar-refractivity contribution in [2.24, 2.45) is 5.92 Å². The molecule has 0 saturated heterocycles. The van der Waals surface area contributed by atoms with Gasteiger partial charge in [0.2, 0.25) is 0 Å². The van der Waals surface area contributed by atoms with Gasteiger partial charge in [-0.2, -0.15) is 0 Å². The van der Waals surface area contributed by atoms with E-state index in [1.807, 2.05) is 0 Å². The second kappa shape index (κ2) is 31.0. The molecule has 0 aliphatic carbocycles. The maximum absolute atomic E-state index is 12.6. The molecule has 0 aliphatic rings. The largest absolute Gasteiger partial charge is 0.462 e. The molecule has 0 aromatic rings. The first-order chi connectivity index (χ1) is 18.6. The molecule has 2 heteroatoms. The zero-order valence-electron chi connectivity index (χ0n) is 27.0. The van der Waals surface area contributed by atoms with Gasteiger partial charge in [-0.1, -0.05) is 175 Å². The summed E-state index contributed by atoms with van der Waals surface area (Å²) in [5.74, 6) is 0.927. The van der Waals surface area contributed by atoms with E-state index < -0.39 is 0 Å². The number of hydrogen-bond donors (Lipinski definition) is 0. The van der Waals surface area contributed by atoms with Crippen LogP contribution in [0.4, 0.5) is 0 Å². The van der Waals surface area contributed by atoms with Crippen LogP contribution in [0, 0.1) is 5.92 Å². The molecule has 0 aromatic heterocycles. The molecule has 2 nitrogen and oxygen atoms in total. The van der Waals surface area contributed by atoms with Crippen molar-refractivity contribution < 1.29 is 9.53 Å². The van der Waals surface area contributed by atoms with Gasteiger partial charge in [0.25, 0.3) is 0 Å². The zero-order valence-corrected chi connectivity index (χ0v) is 27.0. The first kappa shape index (κ1) is 37.5. The molecule has 0 spiro atoms. The van der Waals surface area contributed by atoms with Crippen molar-refractivity contribution in [3.8, 4) is 0 Å². The number of ether oxygens (including phenoxy) is 1. The lowest BCUT2D eigenvalue weighted by atomic mass is 10.0. The standard InChI is InChI=1S/C36H72O2/c1-5-7-9-11-13-16-20-24-28-32-35(31-27-23-12-10-8-6-2)38-36(37)33-29-25-21-18-15-14-17-19-22-26-30-34(3)4/h34-35H,5-33H2,1-4H3. The second-order valence-corrected chi connectivity index (χ2v) is 12.8. The molecule has 38 heavy (non-hydrogen) atoms. The van der Waals surface area contributed by atoms with Gasteiger partial charge in [0.05, 0.1) is 0 Å². The van der Waals surface area contributed by atoms with Crippen molar-refractivity contribution in [2.75, 3.05) is 0 Å². The summed E-state index contributed by atoms with van der Waals surface area (Å²) in [6, 6.07) is 0. The highest BCUT2D eigenvalue weighted by atomic mass is 16.5. The quantitative estimate of drug-likeness (QED) is 0.0650. The SMILES string of the molecule is CCCCCCCCCCCC(CCCCCCCC)OC(=O)CCCCCCCCCCCCC(C)C. The van der Waals surface area contributed by atoms with Crippen molar-refractivity contribution in [1.82, 2.24) is 0 Å². The van der Waals surface area contributed by atoms with Gasteiger partial charge in [-0.05, 0) is 38.0 Å². The van der Waals surface area contributed by atoms with Crippen molar-refractivity contribution in [2.45, 2.75) is 220 Å². The predicted octanol–water partition coefficient (Wildman–Crippen LogP) is 12.9. The number of carbonyl (C=O) groups is 1. The van der Waals surface area contributed by atoms with E-state index in [0.29, 0.717) is 6.42 Å². The van der Waals surface area contributed by atoms with Crippen molar-refractivity contribution in [3.63, 3.8) is 0 Å². The zero-order chi connectivity index (χ0) is 27.9. The monoisotopic (exact) mass is 537 g/mol. The van der Waals surface area contributed by atoms with Crippen LogP contribution in [-0.2, 0) is 9.53 Å². The topological polar surface area (TPSA) is 26.3 Å². The molecular formula is C36H72O2. The van der Waals surface area contributed by atoms with Gasteiger partial charge in [0, 0.05) is 6.42 Å². The van der Waals surface area contributed by atoms with Gasteiger partial charge in [0.1, 0.15) is 6.10 Å². The number of rotatable bonds is 31. The third kappa shape index (κ3) is 30.0. The Bertz CT molecular complexity index is 458. The lowest BCUT2D eigenvalue weighted by molar-refractivity contribution is -0.150. The maximum atomic E-state index is 12.6. The minimum atomic E-state index is 0.0679. The summed E-state index contributed by atoms with van der Waals surface area (Å²) in [6.45, 7) is 9.21. The fraction of sp³-hybridized carbons (Fsp3) is 0.972. The van der Waals surface area contributed by atoms with Crippen LogP contribution < -0.4 is 0 Å². The predicted molar refractivity (Wildman–Crippen MR) is 170 cm³/mol. The molecule has 0 amide bonds. The summed E-state index contributed by atoms with van der Waals surface area (Å²) < 4.78 is 6.02. The first-order valence-corrected chi connectivity index (χ1v) is 17.8. The van der Waals surface area contributed by atoms with E-state index in [2.05, 4.69) is 27.7 Å². The van der Waals surface area contributed by atoms with Gasteiger partial charge >= 0.3 is 5.97 Å². The van der Waals surface area contributed by atoms with Gasteiger partial charge in [0.15, 0.2) is 0 Å². The molecule has 0 N–H and O–H groups in total. The van der Waals surface area contributed by atoms with E-state index in [4.69, 9.17) is 4.74 Å². The molecule has 1 unspecified atom stereocenters. The molecule has 0 saturated carbocycles. The summed E-state index contributed by atoms with van der Waals surface area (Å²) in [5, 5.41) is 0. The molecule has 228 valence electrons. The van der Waals surface area contributed by atoms with Crippen molar-refractivity contribution >= 4 is 5.97 Å². The van der Waals surface area contributed by atoms with E-state index in [0.717, 1.165) is 25.2 Å². The van der Waals surface area contributed by atoms with Crippen LogP contribution in [0.25, 0.3) is 0 Å². The Labute approximate surface area is 241 Å². The highest BCUT2D eigenvalue weighted by Gasteiger charge is 2.14. The van der Waals surface area contributed by atoms with E-state index in [1.165, 1.54) is 161 Å². The van der Waals surface area contributed by atoms with Crippen LogP contribution in [0.5, 0.6) is 0 Å². The average Bonchev–Trinajstić information content (AvgIpc) is 2.89. The van der Waals surface area contributed by atoms with Crippen LogP contribution >= 0.6 is 0 Å². The molecule has 0 bridgehead atoms. The molecular weight excluding hydrogens is 464 g/mol. The molecule has 0 heterocycles. The summed E-state index contributed by atoms with van der Waals surface area (Å²) in [5.41, 5.74) is 0. The highest BCUT2D eigenvalue weighted by molar-refractivity contribution is 5.69. The molecule has 0 fully saturated rings. The lowest BCUT2D eigenvalue weighted by Crippen LogP contribution is -2.18. The summed E-state index contributed by atoms with van der Waals surface area (Å²) >= 11 is 0. The number of unbranched alkanes of at least 4 members (excludes halogenated alkanes) is 22. The average molecular weight is 537 g/mol. The third-order valence-corrected chi connectivity index (χ3v) is 8.22. The minimum Gasteiger partial charge on any atom is -0.462 e. The Hall–Kier alpha value is -0.530. The van der Waals surface area contributed by atoms with Crippen LogP contribution in [-0.4, -0.2) is 12.1 Å². The summed E-state index contributed by atoms with van der Waals surface area (Å²) in [4.78, 5) is 12.6. The van der Waals surface area contributed by atoms with E-state index in [9.17, 15) is 4.79 Å². The molecule has 0 radical (unpaired) electrons. The normalized spacial score (nSPS) is 12.3. The minimum absolute atomic E-state index is 0.0679. The third-order valence-electron chi connectivity index (χ3n) is 8.22. The van der Waals surface area contributed by atoms with Crippen LogP contribution in [0.1, 0.15) is 214 Å². The van der Waals surface area contributed by atoms with Crippen LogP contribution in [0.3, 0.4) is 0 Å². The summed E-state index contributed by atoms with van der Waals surface area (Å²) in [7, 11) is 0. The van der Waals surface area contributed by atoms with Gasteiger partial charge in [-0.3, -0.25) is 4.79 Å². The highest BCUT2D eigenvalue weighted by Crippen LogP contribution is 2.19. The van der Waals surface area contributed by atoms with Crippen LogP contribution in [0.2, 0.25) is 0 Å².